The molecular formula is C24H22ClF3N2O2. The highest BCUT2D eigenvalue weighted by Gasteiger charge is 2.30. The maximum absolute atomic E-state index is 12.9. The SMILES string of the molecule is N#CC(=Cc1cc(Cl)ccc1OCc1cccc(C(F)(F)F)c1)C(=O)NC1CCCCC1. The molecule has 8 heteroatoms. The lowest BCUT2D eigenvalue weighted by molar-refractivity contribution is -0.137. The largest absolute Gasteiger partial charge is 0.488 e. The molecule has 1 fully saturated rings. The van der Waals surface area contributed by atoms with Gasteiger partial charge in [0.2, 0.25) is 0 Å². The molecule has 0 spiro atoms. The summed E-state index contributed by atoms with van der Waals surface area (Å²) in [6.07, 6.45) is 1.92. The number of alkyl halides is 3. The maximum atomic E-state index is 12.9. The number of amides is 1. The minimum atomic E-state index is -4.45. The fourth-order valence-corrected chi connectivity index (χ4v) is 3.76. The lowest BCUT2D eigenvalue weighted by atomic mass is 9.95. The van der Waals surface area contributed by atoms with E-state index in [1.165, 1.54) is 24.3 Å². The Balaban J connectivity index is 1.78. The standard InChI is InChI=1S/C24H22ClF3N2O2/c25-20-9-10-22(32-15-16-5-4-6-19(11-16)24(26,27)28)17(13-20)12-18(14-29)23(31)30-21-7-2-1-3-8-21/h4-6,9-13,21H,1-3,7-8,15H2,(H,30,31). The van der Waals surface area contributed by atoms with Crippen molar-refractivity contribution >= 4 is 23.6 Å². The summed E-state index contributed by atoms with van der Waals surface area (Å²) in [4.78, 5) is 12.6. The van der Waals surface area contributed by atoms with Gasteiger partial charge in [-0.15, -0.1) is 0 Å². The van der Waals surface area contributed by atoms with E-state index in [1.807, 2.05) is 6.07 Å². The van der Waals surface area contributed by atoms with Gasteiger partial charge in [-0.2, -0.15) is 18.4 Å². The minimum Gasteiger partial charge on any atom is -0.488 e. The number of ether oxygens (including phenoxy) is 1. The second-order valence-electron chi connectivity index (χ2n) is 7.65. The van der Waals surface area contributed by atoms with Crippen LogP contribution in [0.2, 0.25) is 5.02 Å². The summed E-state index contributed by atoms with van der Waals surface area (Å²) in [7, 11) is 0. The van der Waals surface area contributed by atoms with Gasteiger partial charge in [-0.3, -0.25) is 4.79 Å². The van der Waals surface area contributed by atoms with Crippen LogP contribution in [0.3, 0.4) is 0 Å². The molecule has 1 saturated carbocycles. The zero-order valence-corrected chi connectivity index (χ0v) is 18.0. The van der Waals surface area contributed by atoms with E-state index >= 15 is 0 Å². The molecule has 0 heterocycles. The smallest absolute Gasteiger partial charge is 0.416 e. The van der Waals surface area contributed by atoms with Gasteiger partial charge in [0.1, 0.15) is 24.0 Å². The summed E-state index contributed by atoms with van der Waals surface area (Å²) < 4.78 is 44.5. The number of carbonyl (C=O) groups is 1. The van der Waals surface area contributed by atoms with E-state index < -0.39 is 17.6 Å². The number of nitriles is 1. The molecule has 0 unspecified atom stereocenters. The third kappa shape index (κ3) is 6.51. The second-order valence-corrected chi connectivity index (χ2v) is 8.08. The molecule has 2 aromatic rings. The lowest BCUT2D eigenvalue weighted by Gasteiger charge is -2.22. The first-order valence-corrected chi connectivity index (χ1v) is 10.6. The molecule has 0 atom stereocenters. The highest BCUT2D eigenvalue weighted by atomic mass is 35.5. The molecule has 0 aromatic heterocycles. The van der Waals surface area contributed by atoms with E-state index in [0.717, 1.165) is 44.2 Å². The maximum Gasteiger partial charge on any atom is 0.416 e. The number of halogens is 4. The molecule has 1 aliphatic carbocycles. The van der Waals surface area contributed by atoms with Crippen LogP contribution in [0.15, 0.2) is 48.0 Å². The third-order valence-corrected chi connectivity index (χ3v) is 5.46. The summed E-state index contributed by atoms with van der Waals surface area (Å²) >= 11 is 6.07. The molecule has 0 aliphatic heterocycles. The number of rotatable bonds is 6. The van der Waals surface area contributed by atoms with Crippen molar-refractivity contribution in [1.29, 1.82) is 5.26 Å². The van der Waals surface area contributed by atoms with Gasteiger partial charge in [0.15, 0.2) is 0 Å². The Bertz CT molecular complexity index is 1040. The summed E-state index contributed by atoms with van der Waals surface area (Å²) in [6.45, 7) is -0.122. The Kier molecular flexibility index (Phi) is 7.81. The van der Waals surface area contributed by atoms with Gasteiger partial charge >= 0.3 is 6.18 Å². The van der Waals surface area contributed by atoms with E-state index in [4.69, 9.17) is 16.3 Å². The van der Waals surface area contributed by atoms with Gasteiger partial charge in [0, 0.05) is 16.6 Å². The Morgan fingerprint density at radius 2 is 1.94 bits per heavy atom. The van der Waals surface area contributed by atoms with E-state index in [1.54, 1.807) is 12.1 Å². The van der Waals surface area contributed by atoms with Crippen LogP contribution in [0.4, 0.5) is 13.2 Å². The molecule has 4 nitrogen and oxygen atoms in total. The number of hydrogen-bond donors (Lipinski definition) is 1. The van der Waals surface area contributed by atoms with Crippen LogP contribution in [-0.2, 0) is 17.6 Å². The summed E-state index contributed by atoms with van der Waals surface area (Å²) in [5, 5.41) is 12.8. The van der Waals surface area contributed by atoms with Crippen molar-refractivity contribution in [3.05, 3.63) is 69.8 Å². The number of hydrogen-bond acceptors (Lipinski definition) is 3. The topological polar surface area (TPSA) is 62.1 Å². The van der Waals surface area contributed by atoms with Crippen LogP contribution in [0, 0.1) is 11.3 Å². The molecule has 2 aromatic carbocycles. The Hall–Kier alpha value is -2.98. The van der Waals surface area contributed by atoms with Crippen molar-refractivity contribution in [2.45, 2.75) is 50.9 Å². The molecule has 32 heavy (non-hydrogen) atoms. The van der Waals surface area contributed by atoms with Crippen LogP contribution in [0.1, 0.15) is 48.8 Å². The number of benzene rings is 2. The molecule has 0 bridgehead atoms. The van der Waals surface area contributed by atoms with Gasteiger partial charge in [-0.1, -0.05) is 43.0 Å². The third-order valence-electron chi connectivity index (χ3n) is 5.23. The number of nitrogens with one attached hydrogen (secondary N) is 1. The van der Waals surface area contributed by atoms with Gasteiger partial charge in [0.05, 0.1) is 5.56 Å². The summed E-state index contributed by atoms with van der Waals surface area (Å²) in [5.74, 6) is -0.173. The van der Waals surface area contributed by atoms with E-state index in [0.29, 0.717) is 21.9 Å². The van der Waals surface area contributed by atoms with E-state index in [9.17, 15) is 23.2 Å². The van der Waals surface area contributed by atoms with Gasteiger partial charge in [-0.25, -0.2) is 0 Å². The monoisotopic (exact) mass is 462 g/mol. The van der Waals surface area contributed by atoms with Crippen molar-refractivity contribution in [3.63, 3.8) is 0 Å². The van der Waals surface area contributed by atoms with E-state index in [-0.39, 0.29) is 18.2 Å². The van der Waals surface area contributed by atoms with Gasteiger partial charge < -0.3 is 10.1 Å². The highest BCUT2D eigenvalue weighted by molar-refractivity contribution is 6.30. The second kappa shape index (κ2) is 10.6. The summed E-state index contributed by atoms with van der Waals surface area (Å²) in [6, 6.07) is 11.5. The highest BCUT2D eigenvalue weighted by Crippen LogP contribution is 2.30. The van der Waals surface area contributed by atoms with E-state index in [2.05, 4.69) is 5.32 Å². The van der Waals surface area contributed by atoms with Crippen LogP contribution in [0.25, 0.3) is 6.08 Å². The zero-order valence-electron chi connectivity index (χ0n) is 17.2. The zero-order chi connectivity index (χ0) is 23.1. The lowest BCUT2D eigenvalue weighted by Crippen LogP contribution is -2.36. The van der Waals surface area contributed by atoms with Crippen molar-refractivity contribution in [1.82, 2.24) is 5.32 Å². The quantitative estimate of drug-likeness (QED) is 0.405. The van der Waals surface area contributed by atoms with Crippen molar-refractivity contribution in [2.75, 3.05) is 0 Å². The number of nitrogens with zero attached hydrogens (tertiary/aromatic N) is 1. The first kappa shape index (κ1) is 23.7. The molecule has 3 rings (SSSR count). The average Bonchev–Trinajstić information content (AvgIpc) is 2.77. The normalized spacial score (nSPS) is 15.2. The Morgan fingerprint density at radius 3 is 2.62 bits per heavy atom. The molecule has 168 valence electrons. The number of carbonyl (C=O) groups excluding carboxylic acids is 1. The predicted octanol–water partition coefficient (Wildman–Crippen LogP) is 6.29. The molecule has 1 amide bonds. The molecule has 1 aliphatic rings. The minimum absolute atomic E-state index is 0.0454. The van der Waals surface area contributed by atoms with Gasteiger partial charge in [0.25, 0.3) is 5.91 Å². The van der Waals surface area contributed by atoms with Crippen LogP contribution in [0.5, 0.6) is 5.75 Å². The fraction of sp³-hybridized carbons (Fsp3) is 0.333. The average molecular weight is 463 g/mol. The molecule has 1 N–H and O–H groups in total. The van der Waals surface area contributed by atoms with Crippen molar-refractivity contribution in [3.8, 4) is 11.8 Å². The Labute approximate surface area is 189 Å². The molecular weight excluding hydrogens is 441 g/mol. The molecule has 0 radical (unpaired) electrons. The fourth-order valence-electron chi connectivity index (χ4n) is 3.58. The Morgan fingerprint density at radius 1 is 1.19 bits per heavy atom. The van der Waals surface area contributed by atoms with Crippen molar-refractivity contribution in [2.24, 2.45) is 0 Å². The van der Waals surface area contributed by atoms with Crippen LogP contribution >= 0.6 is 11.6 Å². The van der Waals surface area contributed by atoms with Crippen LogP contribution < -0.4 is 10.1 Å². The molecule has 0 saturated heterocycles. The first-order valence-electron chi connectivity index (χ1n) is 10.3. The predicted molar refractivity (Wildman–Crippen MR) is 116 cm³/mol. The first-order chi connectivity index (χ1) is 15.3. The van der Waals surface area contributed by atoms with Crippen LogP contribution in [-0.4, -0.2) is 11.9 Å². The van der Waals surface area contributed by atoms with Crippen molar-refractivity contribution < 1.29 is 22.7 Å². The summed E-state index contributed by atoms with van der Waals surface area (Å²) in [5.41, 5.74) is -0.136. The van der Waals surface area contributed by atoms with Gasteiger partial charge in [-0.05, 0) is 54.8 Å².